The average Bonchev–Trinajstić information content (AvgIpc) is 3.09. The number of rotatable bonds is 7. The van der Waals surface area contributed by atoms with Crippen molar-refractivity contribution in [1.82, 2.24) is 15.0 Å². The molecule has 0 bridgehead atoms. The van der Waals surface area contributed by atoms with E-state index in [1.165, 1.54) is 19.2 Å². The van der Waals surface area contributed by atoms with Crippen LogP contribution >= 0.6 is 0 Å². The maximum absolute atomic E-state index is 12.4. The van der Waals surface area contributed by atoms with Crippen LogP contribution in [0, 0.1) is 0 Å². The number of nitrogens with one attached hydrogen (secondary N) is 1. The Morgan fingerprint density at radius 3 is 2.79 bits per heavy atom. The maximum atomic E-state index is 12.4. The van der Waals surface area contributed by atoms with Crippen molar-refractivity contribution in [2.75, 3.05) is 7.11 Å². The Balaban J connectivity index is 1.68. The van der Waals surface area contributed by atoms with E-state index in [0.29, 0.717) is 11.3 Å². The van der Waals surface area contributed by atoms with E-state index in [0.717, 1.165) is 11.0 Å². The summed E-state index contributed by atoms with van der Waals surface area (Å²) in [7, 11) is 1.35. The summed E-state index contributed by atoms with van der Waals surface area (Å²) < 4.78 is 36.0. The quantitative estimate of drug-likeness (QED) is 0.498. The number of alkyl halides is 2. The highest BCUT2D eigenvalue weighted by Crippen LogP contribution is 2.29. The van der Waals surface area contributed by atoms with Gasteiger partial charge in [-0.1, -0.05) is 12.1 Å². The average molecular weight is 388 g/mol. The van der Waals surface area contributed by atoms with Gasteiger partial charge < -0.3 is 14.0 Å². The van der Waals surface area contributed by atoms with Gasteiger partial charge in [-0.3, -0.25) is 4.79 Å². The van der Waals surface area contributed by atoms with Crippen LogP contribution < -0.4 is 14.9 Å². The molecule has 0 spiro atoms. The van der Waals surface area contributed by atoms with Crippen LogP contribution in [0.25, 0.3) is 11.0 Å². The lowest BCUT2D eigenvalue weighted by atomic mass is 10.1. The molecule has 0 radical (unpaired) electrons. The number of imidazole rings is 1. The van der Waals surface area contributed by atoms with Gasteiger partial charge in [-0.2, -0.15) is 13.9 Å². The fraction of sp³-hybridized carbons (Fsp3) is 0.211. The Kier molecular flexibility index (Phi) is 5.83. The normalized spacial score (nSPS) is 11.7. The number of nitrogens with zero attached hydrogens (tertiary/aromatic N) is 3. The lowest BCUT2D eigenvalue weighted by Gasteiger charge is -2.11. The molecule has 1 amide bonds. The highest BCUT2D eigenvalue weighted by atomic mass is 19.3. The molecular formula is C19H18F2N4O3. The Morgan fingerprint density at radius 2 is 2.04 bits per heavy atom. The van der Waals surface area contributed by atoms with Crippen LogP contribution in [0.2, 0.25) is 0 Å². The topological polar surface area (TPSA) is 77.7 Å². The molecule has 3 aromatic rings. The van der Waals surface area contributed by atoms with Crippen LogP contribution in [0.4, 0.5) is 8.78 Å². The van der Waals surface area contributed by atoms with Crippen molar-refractivity contribution in [3.63, 3.8) is 0 Å². The van der Waals surface area contributed by atoms with Crippen LogP contribution in [0.1, 0.15) is 12.5 Å². The first kappa shape index (κ1) is 19.3. The molecule has 0 aliphatic heterocycles. The van der Waals surface area contributed by atoms with Gasteiger partial charge in [0.1, 0.15) is 6.54 Å². The van der Waals surface area contributed by atoms with E-state index in [9.17, 15) is 13.6 Å². The van der Waals surface area contributed by atoms with Gasteiger partial charge in [0.15, 0.2) is 11.5 Å². The van der Waals surface area contributed by atoms with Gasteiger partial charge in [0.2, 0.25) is 0 Å². The number of hydrogen-bond donors (Lipinski definition) is 1. The number of carbonyl (C=O) groups is 1. The van der Waals surface area contributed by atoms with Gasteiger partial charge in [0.05, 0.1) is 30.2 Å². The minimum Gasteiger partial charge on any atom is -0.493 e. The largest absolute Gasteiger partial charge is 0.493 e. The van der Waals surface area contributed by atoms with E-state index >= 15 is 0 Å². The second-order valence-electron chi connectivity index (χ2n) is 5.84. The van der Waals surface area contributed by atoms with Gasteiger partial charge in [0, 0.05) is 5.56 Å². The minimum atomic E-state index is -2.95. The number of hydrazone groups is 1. The van der Waals surface area contributed by atoms with Crippen LogP contribution in [0.15, 0.2) is 53.9 Å². The van der Waals surface area contributed by atoms with E-state index < -0.39 is 6.61 Å². The number of benzene rings is 2. The van der Waals surface area contributed by atoms with Crippen molar-refractivity contribution >= 4 is 22.7 Å². The van der Waals surface area contributed by atoms with Crippen molar-refractivity contribution in [3.05, 3.63) is 54.4 Å². The lowest BCUT2D eigenvalue weighted by Crippen LogP contribution is -2.24. The molecule has 0 saturated carbocycles. The molecule has 0 aliphatic rings. The zero-order valence-corrected chi connectivity index (χ0v) is 15.2. The molecule has 0 unspecified atom stereocenters. The third-order valence-electron chi connectivity index (χ3n) is 3.99. The summed E-state index contributed by atoms with van der Waals surface area (Å²) >= 11 is 0. The summed E-state index contributed by atoms with van der Waals surface area (Å²) in [5, 5.41) is 4.06. The van der Waals surface area contributed by atoms with Crippen molar-refractivity contribution in [1.29, 1.82) is 0 Å². The molecule has 0 saturated heterocycles. The number of ether oxygens (including phenoxy) is 2. The second-order valence-corrected chi connectivity index (χ2v) is 5.84. The number of halogens is 2. The molecule has 1 heterocycles. The van der Waals surface area contributed by atoms with Gasteiger partial charge >= 0.3 is 6.61 Å². The lowest BCUT2D eigenvalue weighted by molar-refractivity contribution is -0.121. The first-order valence-electron chi connectivity index (χ1n) is 8.34. The van der Waals surface area contributed by atoms with Crippen LogP contribution in [0.3, 0.4) is 0 Å². The SMILES string of the molecule is COc1cc(/C(C)=N\NC(=O)Cn2cnc3ccccc32)ccc1OC(F)F. The van der Waals surface area contributed by atoms with Crippen LogP contribution in [-0.4, -0.2) is 34.9 Å². The van der Waals surface area contributed by atoms with E-state index in [2.05, 4.69) is 20.2 Å². The fourth-order valence-corrected chi connectivity index (χ4v) is 2.62. The predicted octanol–water partition coefficient (Wildman–Crippen LogP) is 3.19. The van der Waals surface area contributed by atoms with Gasteiger partial charge in [0.25, 0.3) is 5.91 Å². The van der Waals surface area contributed by atoms with E-state index in [-0.39, 0.29) is 24.0 Å². The van der Waals surface area contributed by atoms with Gasteiger partial charge in [-0.15, -0.1) is 0 Å². The molecular weight excluding hydrogens is 370 g/mol. The zero-order valence-electron chi connectivity index (χ0n) is 15.2. The first-order chi connectivity index (χ1) is 13.5. The summed E-state index contributed by atoms with van der Waals surface area (Å²) in [4.78, 5) is 16.4. The smallest absolute Gasteiger partial charge is 0.387 e. The van der Waals surface area contributed by atoms with E-state index in [1.807, 2.05) is 24.3 Å². The monoisotopic (exact) mass is 388 g/mol. The summed E-state index contributed by atoms with van der Waals surface area (Å²) in [6.45, 7) is -1.22. The molecule has 146 valence electrons. The summed E-state index contributed by atoms with van der Waals surface area (Å²) in [6.07, 6.45) is 1.59. The number of hydrogen-bond acceptors (Lipinski definition) is 5. The summed E-state index contributed by atoms with van der Waals surface area (Å²) in [6, 6.07) is 11.9. The van der Waals surface area contributed by atoms with Gasteiger partial charge in [-0.25, -0.2) is 10.4 Å². The Morgan fingerprint density at radius 1 is 1.25 bits per heavy atom. The van der Waals surface area contributed by atoms with Crippen molar-refractivity contribution in [2.45, 2.75) is 20.1 Å². The molecule has 0 atom stereocenters. The predicted molar refractivity (Wildman–Crippen MR) is 99.7 cm³/mol. The molecule has 0 fully saturated rings. The number of carbonyl (C=O) groups excluding carboxylic acids is 1. The molecule has 28 heavy (non-hydrogen) atoms. The molecule has 0 aliphatic carbocycles. The molecule has 1 aromatic heterocycles. The molecule has 2 aromatic carbocycles. The third kappa shape index (κ3) is 4.43. The maximum Gasteiger partial charge on any atom is 0.387 e. The summed E-state index contributed by atoms with van der Waals surface area (Å²) in [5.41, 5.74) is 5.19. The Labute approximate surface area is 159 Å². The highest BCUT2D eigenvalue weighted by molar-refractivity contribution is 5.99. The number of fused-ring (bicyclic) bond motifs is 1. The second kappa shape index (κ2) is 8.47. The van der Waals surface area contributed by atoms with Crippen LogP contribution in [0.5, 0.6) is 11.5 Å². The first-order valence-corrected chi connectivity index (χ1v) is 8.34. The summed E-state index contributed by atoms with van der Waals surface area (Å²) in [5.74, 6) is -0.263. The van der Waals surface area contributed by atoms with Crippen molar-refractivity contribution in [2.24, 2.45) is 5.10 Å². The van der Waals surface area contributed by atoms with Crippen molar-refractivity contribution < 1.29 is 23.0 Å². The van der Waals surface area contributed by atoms with Gasteiger partial charge in [-0.05, 0) is 37.3 Å². The Bertz CT molecular complexity index is 1020. The zero-order chi connectivity index (χ0) is 20.1. The standard InChI is InChI=1S/C19H18F2N4O3/c1-12(13-7-8-16(28-19(20)21)17(9-13)27-2)23-24-18(26)10-25-11-22-14-5-3-4-6-15(14)25/h3-9,11,19H,10H2,1-2H3,(H,24,26)/b23-12-. The van der Waals surface area contributed by atoms with E-state index in [4.69, 9.17) is 4.74 Å². The number of aromatic nitrogens is 2. The molecule has 1 N–H and O–H groups in total. The van der Waals surface area contributed by atoms with E-state index in [1.54, 1.807) is 23.9 Å². The van der Waals surface area contributed by atoms with Crippen LogP contribution in [-0.2, 0) is 11.3 Å². The number of amides is 1. The number of methoxy groups -OCH3 is 1. The van der Waals surface area contributed by atoms with Crippen molar-refractivity contribution in [3.8, 4) is 11.5 Å². The number of para-hydroxylation sites is 2. The molecule has 3 rings (SSSR count). The minimum absolute atomic E-state index is 0.0573. The molecule has 9 heteroatoms. The molecule has 7 nitrogen and oxygen atoms in total. The highest BCUT2D eigenvalue weighted by Gasteiger charge is 2.12. The third-order valence-corrected chi connectivity index (χ3v) is 3.99. The Hall–Kier alpha value is -3.49. The fourth-order valence-electron chi connectivity index (χ4n) is 2.62.